The van der Waals surface area contributed by atoms with E-state index in [4.69, 9.17) is 15.2 Å². The van der Waals surface area contributed by atoms with Gasteiger partial charge < -0.3 is 15.2 Å². The van der Waals surface area contributed by atoms with E-state index in [0.29, 0.717) is 5.92 Å². The minimum Gasteiger partial charge on any atom is -0.495 e. The number of nitrogens with two attached hydrogens (primary N) is 1. The van der Waals surface area contributed by atoms with Crippen molar-refractivity contribution < 1.29 is 9.47 Å². The van der Waals surface area contributed by atoms with Crippen LogP contribution >= 0.6 is 27.7 Å². The first-order valence-corrected chi connectivity index (χ1v) is 7.87. The minimum atomic E-state index is 0.0251. The molecule has 0 bridgehead atoms. The summed E-state index contributed by atoms with van der Waals surface area (Å²) in [5, 5.41) is 0. The lowest BCUT2D eigenvalue weighted by Crippen LogP contribution is -2.22. The third-order valence-corrected chi connectivity index (χ3v) is 5.29. The van der Waals surface area contributed by atoms with Crippen LogP contribution in [0.15, 0.2) is 16.6 Å². The molecular weight excluding hydrogens is 314 g/mol. The van der Waals surface area contributed by atoms with Gasteiger partial charge in [-0.15, -0.1) is 0 Å². The Morgan fingerprint density at radius 2 is 2.17 bits per heavy atom. The molecule has 0 radical (unpaired) electrons. The molecule has 2 atom stereocenters. The van der Waals surface area contributed by atoms with Gasteiger partial charge in [-0.1, -0.05) is 0 Å². The largest absolute Gasteiger partial charge is 0.495 e. The molecule has 0 aliphatic carbocycles. The molecule has 1 aromatic carbocycles. The molecule has 1 aromatic rings. The molecule has 0 aromatic heterocycles. The number of halogens is 1. The molecule has 1 saturated heterocycles. The molecule has 18 heavy (non-hydrogen) atoms. The van der Waals surface area contributed by atoms with Crippen LogP contribution in [0.2, 0.25) is 0 Å². The van der Waals surface area contributed by atoms with Gasteiger partial charge >= 0.3 is 0 Å². The Morgan fingerprint density at radius 1 is 1.39 bits per heavy atom. The van der Waals surface area contributed by atoms with Gasteiger partial charge in [-0.05, 0) is 51.9 Å². The van der Waals surface area contributed by atoms with E-state index in [1.165, 1.54) is 12.2 Å². The normalized spacial score (nSPS) is 20.8. The summed E-state index contributed by atoms with van der Waals surface area (Å²) in [5.41, 5.74) is 7.44. The number of benzene rings is 1. The highest BCUT2D eigenvalue weighted by molar-refractivity contribution is 9.10. The zero-order valence-electron chi connectivity index (χ0n) is 10.6. The second-order valence-electron chi connectivity index (χ2n) is 4.35. The summed E-state index contributed by atoms with van der Waals surface area (Å²) >= 11 is 5.49. The molecule has 2 N–H and O–H groups in total. The summed E-state index contributed by atoms with van der Waals surface area (Å²) < 4.78 is 11.6. The van der Waals surface area contributed by atoms with Gasteiger partial charge in [0.2, 0.25) is 0 Å². The van der Waals surface area contributed by atoms with Crippen molar-refractivity contribution >= 4 is 27.7 Å². The van der Waals surface area contributed by atoms with E-state index in [1.54, 1.807) is 14.2 Å². The van der Waals surface area contributed by atoms with Crippen molar-refractivity contribution in [2.24, 2.45) is 11.7 Å². The van der Waals surface area contributed by atoms with Crippen LogP contribution in [0.3, 0.4) is 0 Å². The SMILES string of the molecule is COc1ccc(C(N)C2CCSC2)c(OC)c1Br. The highest BCUT2D eigenvalue weighted by atomic mass is 79.9. The monoisotopic (exact) mass is 331 g/mol. The number of methoxy groups -OCH3 is 2. The van der Waals surface area contributed by atoms with Crippen molar-refractivity contribution in [3.63, 3.8) is 0 Å². The third kappa shape index (κ3) is 2.63. The van der Waals surface area contributed by atoms with Crippen LogP contribution in [-0.4, -0.2) is 25.7 Å². The lowest BCUT2D eigenvalue weighted by molar-refractivity contribution is 0.376. The van der Waals surface area contributed by atoms with Crippen molar-refractivity contribution in [3.05, 3.63) is 22.2 Å². The maximum Gasteiger partial charge on any atom is 0.141 e. The number of hydrogen-bond donors (Lipinski definition) is 1. The lowest BCUT2D eigenvalue weighted by atomic mass is 9.92. The standard InChI is InChI=1S/C13H18BrNO2S/c1-16-10-4-3-9(13(17-2)11(10)14)12(15)8-5-6-18-7-8/h3-4,8,12H,5-7,15H2,1-2H3. The third-order valence-electron chi connectivity index (χ3n) is 3.35. The Bertz CT molecular complexity index is 422. The first kappa shape index (κ1) is 14.0. The van der Waals surface area contributed by atoms with Crippen molar-refractivity contribution in [1.82, 2.24) is 0 Å². The summed E-state index contributed by atoms with van der Waals surface area (Å²) in [6.07, 6.45) is 1.18. The number of thioether (sulfide) groups is 1. The van der Waals surface area contributed by atoms with Gasteiger partial charge in [-0.25, -0.2) is 0 Å². The van der Waals surface area contributed by atoms with Crippen LogP contribution in [0, 0.1) is 5.92 Å². The van der Waals surface area contributed by atoms with Gasteiger partial charge in [0.1, 0.15) is 16.0 Å². The predicted molar refractivity (Wildman–Crippen MR) is 79.6 cm³/mol. The van der Waals surface area contributed by atoms with Gasteiger partial charge in [0.15, 0.2) is 0 Å². The maximum atomic E-state index is 6.38. The van der Waals surface area contributed by atoms with Gasteiger partial charge in [-0.3, -0.25) is 0 Å². The molecule has 0 amide bonds. The molecular formula is C13H18BrNO2S. The average molecular weight is 332 g/mol. The fraction of sp³-hybridized carbons (Fsp3) is 0.538. The van der Waals surface area contributed by atoms with Crippen LogP contribution in [-0.2, 0) is 0 Å². The van der Waals surface area contributed by atoms with E-state index < -0.39 is 0 Å². The molecule has 1 aliphatic rings. The van der Waals surface area contributed by atoms with Crippen LogP contribution in [0.1, 0.15) is 18.0 Å². The molecule has 5 heteroatoms. The van der Waals surface area contributed by atoms with E-state index in [0.717, 1.165) is 27.3 Å². The Balaban J connectivity index is 2.34. The van der Waals surface area contributed by atoms with Crippen LogP contribution in [0.25, 0.3) is 0 Å². The fourth-order valence-corrected chi connectivity index (χ4v) is 4.27. The van der Waals surface area contributed by atoms with Crippen molar-refractivity contribution in [2.75, 3.05) is 25.7 Å². The molecule has 2 rings (SSSR count). The molecule has 0 saturated carbocycles. The molecule has 2 unspecified atom stereocenters. The van der Waals surface area contributed by atoms with Gasteiger partial charge in [0, 0.05) is 11.6 Å². The molecule has 0 spiro atoms. The summed E-state index contributed by atoms with van der Waals surface area (Å²) in [7, 11) is 3.31. The van der Waals surface area contributed by atoms with Crippen LogP contribution < -0.4 is 15.2 Å². The second-order valence-corrected chi connectivity index (χ2v) is 6.30. The van der Waals surface area contributed by atoms with Gasteiger partial charge in [-0.2, -0.15) is 11.8 Å². The highest BCUT2D eigenvalue weighted by Crippen LogP contribution is 2.42. The van der Waals surface area contributed by atoms with E-state index in [1.807, 2.05) is 23.9 Å². The predicted octanol–water partition coefficient (Wildman–Crippen LogP) is 3.22. The Labute approximate surface area is 121 Å². The van der Waals surface area contributed by atoms with E-state index in [2.05, 4.69) is 15.9 Å². The first-order valence-electron chi connectivity index (χ1n) is 5.92. The molecule has 1 fully saturated rings. The minimum absolute atomic E-state index is 0.0251. The first-order chi connectivity index (χ1) is 8.69. The van der Waals surface area contributed by atoms with Crippen LogP contribution in [0.5, 0.6) is 11.5 Å². The topological polar surface area (TPSA) is 44.5 Å². The maximum absolute atomic E-state index is 6.38. The summed E-state index contributed by atoms with van der Waals surface area (Å²) in [6.45, 7) is 0. The van der Waals surface area contributed by atoms with E-state index >= 15 is 0 Å². The summed E-state index contributed by atoms with van der Waals surface area (Å²) in [6, 6.07) is 3.97. The zero-order chi connectivity index (χ0) is 13.1. The number of ether oxygens (including phenoxy) is 2. The van der Waals surface area contributed by atoms with Crippen molar-refractivity contribution in [1.29, 1.82) is 0 Å². The van der Waals surface area contributed by atoms with Gasteiger partial charge in [0.05, 0.1) is 14.2 Å². The molecule has 100 valence electrons. The van der Waals surface area contributed by atoms with Crippen molar-refractivity contribution in [2.45, 2.75) is 12.5 Å². The van der Waals surface area contributed by atoms with Crippen molar-refractivity contribution in [3.8, 4) is 11.5 Å². The van der Waals surface area contributed by atoms with Crippen LogP contribution in [0.4, 0.5) is 0 Å². The zero-order valence-corrected chi connectivity index (χ0v) is 13.0. The second kappa shape index (κ2) is 6.17. The quantitative estimate of drug-likeness (QED) is 0.919. The summed E-state index contributed by atoms with van der Waals surface area (Å²) in [4.78, 5) is 0. The molecule has 3 nitrogen and oxygen atoms in total. The fourth-order valence-electron chi connectivity index (χ4n) is 2.27. The molecule has 1 heterocycles. The highest BCUT2D eigenvalue weighted by Gasteiger charge is 2.27. The lowest BCUT2D eigenvalue weighted by Gasteiger charge is -2.22. The smallest absolute Gasteiger partial charge is 0.141 e. The summed E-state index contributed by atoms with van der Waals surface area (Å²) in [5.74, 6) is 4.43. The van der Waals surface area contributed by atoms with E-state index in [9.17, 15) is 0 Å². The Morgan fingerprint density at radius 3 is 2.72 bits per heavy atom. The number of hydrogen-bond acceptors (Lipinski definition) is 4. The molecule has 1 aliphatic heterocycles. The number of rotatable bonds is 4. The average Bonchev–Trinajstić information content (AvgIpc) is 2.91. The van der Waals surface area contributed by atoms with Gasteiger partial charge in [0.25, 0.3) is 0 Å². The van der Waals surface area contributed by atoms with E-state index in [-0.39, 0.29) is 6.04 Å². The Kier molecular flexibility index (Phi) is 4.81. The Hall–Kier alpha value is -0.390.